The van der Waals surface area contributed by atoms with E-state index in [1.54, 1.807) is 54.7 Å². The molecule has 0 atom stereocenters. The molecule has 116 valence electrons. The molecule has 2 aromatic carbocycles. The minimum Gasteiger partial charge on any atom is -0.508 e. The molecule has 0 amide bonds. The molecule has 1 heterocycles. The van der Waals surface area contributed by atoms with Gasteiger partial charge < -0.3 is 10.2 Å². The molecule has 0 unspecified atom stereocenters. The molecular weight excluding hydrogens is 335 g/mol. The van der Waals surface area contributed by atoms with E-state index in [4.69, 9.17) is 23.2 Å². The first kappa shape index (κ1) is 15.6. The van der Waals surface area contributed by atoms with Crippen LogP contribution in [0.5, 0.6) is 11.5 Å². The van der Waals surface area contributed by atoms with Gasteiger partial charge in [0.05, 0.1) is 17.6 Å². The van der Waals surface area contributed by atoms with Crippen molar-refractivity contribution in [3.05, 3.63) is 60.4 Å². The van der Waals surface area contributed by atoms with Crippen molar-refractivity contribution in [1.82, 2.24) is 9.97 Å². The first-order valence-corrected chi connectivity index (χ1v) is 7.66. The van der Waals surface area contributed by atoms with E-state index in [9.17, 15) is 10.2 Å². The summed E-state index contributed by atoms with van der Waals surface area (Å²) in [4.78, 5) is 8.08. The molecule has 6 heteroatoms. The SMILES string of the molecule is Oc1ccc(-c2cnc(-c3ccc(O)cc3)c(C(Cl)Cl)n2)cc1. The van der Waals surface area contributed by atoms with Gasteiger partial charge in [0.1, 0.15) is 17.2 Å². The summed E-state index contributed by atoms with van der Waals surface area (Å²) in [5, 5.41) is 18.8. The van der Waals surface area contributed by atoms with Crippen LogP contribution in [0, 0.1) is 0 Å². The van der Waals surface area contributed by atoms with Gasteiger partial charge in [0.25, 0.3) is 0 Å². The van der Waals surface area contributed by atoms with Crippen molar-refractivity contribution in [3.63, 3.8) is 0 Å². The highest BCUT2D eigenvalue weighted by atomic mass is 35.5. The Labute approximate surface area is 143 Å². The molecule has 0 fully saturated rings. The van der Waals surface area contributed by atoms with Crippen LogP contribution in [0.15, 0.2) is 54.7 Å². The van der Waals surface area contributed by atoms with Crippen molar-refractivity contribution in [2.45, 2.75) is 4.84 Å². The predicted molar refractivity (Wildman–Crippen MR) is 90.7 cm³/mol. The smallest absolute Gasteiger partial charge is 0.151 e. The van der Waals surface area contributed by atoms with E-state index in [0.29, 0.717) is 17.1 Å². The molecule has 0 radical (unpaired) electrons. The molecule has 4 nitrogen and oxygen atoms in total. The van der Waals surface area contributed by atoms with Crippen LogP contribution in [-0.2, 0) is 0 Å². The fourth-order valence-corrected chi connectivity index (χ4v) is 2.47. The minimum absolute atomic E-state index is 0.164. The first-order valence-electron chi connectivity index (χ1n) is 6.78. The molecular formula is C17H12Cl2N2O2. The molecule has 0 aliphatic rings. The standard InChI is InChI=1S/C17H12Cl2N2O2/c18-17(19)16-15(11-3-7-13(23)8-4-11)20-9-14(21-16)10-1-5-12(22)6-2-10/h1-9,17,22-23H. The number of phenols is 2. The zero-order valence-corrected chi connectivity index (χ0v) is 13.3. The molecule has 23 heavy (non-hydrogen) atoms. The maximum atomic E-state index is 9.39. The number of hydrogen-bond acceptors (Lipinski definition) is 4. The zero-order chi connectivity index (χ0) is 16.4. The van der Waals surface area contributed by atoms with E-state index in [1.807, 2.05) is 0 Å². The summed E-state index contributed by atoms with van der Waals surface area (Å²) < 4.78 is 0. The number of hydrogen-bond donors (Lipinski definition) is 2. The molecule has 0 saturated carbocycles. The van der Waals surface area contributed by atoms with Gasteiger partial charge in [-0.2, -0.15) is 0 Å². The third-order valence-electron chi connectivity index (χ3n) is 3.31. The number of aromatic nitrogens is 2. The van der Waals surface area contributed by atoms with Crippen LogP contribution in [0.1, 0.15) is 10.5 Å². The maximum absolute atomic E-state index is 9.39. The molecule has 0 aliphatic carbocycles. The lowest BCUT2D eigenvalue weighted by Crippen LogP contribution is -1.99. The summed E-state index contributed by atoms with van der Waals surface area (Å²) in [6.07, 6.45) is 1.62. The lowest BCUT2D eigenvalue weighted by atomic mass is 10.1. The number of nitrogens with zero attached hydrogens (tertiary/aromatic N) is 2. The van der Waals surface area contributed by atoms with Gasteiger partial charge in [-0.25, -0.2) is 4.98 Å². The molecule has 0 aliphatic heterocycles. The molecule has 3 rings (SSSR count). The average molecular weight is 347 g/mol. The monoisotopic (exact) mass is 346 g/mol. The van der Waals surface area contributed by atoms with Crippen LogP contribution < -0.4 is 0 Å². The highest BCUT2D eigenvalue weighted by Gasteiger charge is 2.16. The maximum Gasteiger partial charge on any atom is 0.151 e. The predicted octanol–water partition coefficient (Wildman–Crippen LogP) is 4.70. The summed E-state index contributed by atoms with van der Waals surface area (Å²) in [7, 11) is 0. The van der Waals surface area contributed by atoms with Gasteiger partial charge in [0.15, 0.2) is 4.84 Å². The van der Waals surface area contributed by atoms with Crippen LogP contribution in [0.4, 0.5) is 0 Å². The van der Waals surface area contributed by atoms with E-state index in [0.717, 1.165) is 11.1 Å². The fourth-order valence-electron chi connectivity index (χ4n) is 2.17. The topological polar surface area (TPSA) is 66.2 Å². The fraction of sp³-hybridized carbons (Fsp3) is 0.0588. The van der Waals surface area contributed by atoms with Gasteiger partial charge in [-0.05, 0) is 48.5 Å². The summed E-state index contributed by atoms with van der Waals surface area (Å²) >= 11 is 12.1. The number of halogens is 2. The van der Waals surface area contributed by atoms with Gasteiger partial charge in [0.2, 0.25) is 0 Å². The Morgan fingerprint density at radius 2 is 1.30 bits per heavy atom. The first-order chi connectivity index (χ1) is 11.0. The molecule has 1 aromatic heterocycles. The van der Waals surface area contributed by atoms with Gasteiger partial charge in [0, 0.05) is 11.1 Å². The van der Waals surface area contributed by atoms with E-state index >= 15 is 0 Å². The van der Waals surface area contributed by atoms with Gasteiger partial charge in [-0.3, -0.25) is 4.98 Å². The van der Waals surface area contributed by atoms with Crippen LogP contribution >= 0.6 is 23.2 Å². The number of alkyl halides is 2. The number of benzene rings is 2. The molecule has 3 aromatic rings. The van der Waals surface area contributed by atoms with Crippen molar-refractivity contribution in [3.8, 4) is 34.0 Å². The highest BCUT2D eigenvalue weighted by molar-refractivity contribution is 6.44. The van der Waals surface area contributed by atoms with E-state index < -0.39 is 4.84 Å². The second kappa shape index (κ2) is 6.44. The van der Waals surface area contributed by atoms with Crippen molar-refractivity contribution >= 4 is 23.2 Å². The van der Waals surface area contributed by atoms with Gasteiger partial charge in [-0.15, -0.1) is 0 Å². The third-order valence-corrected chi connectivity index (χ3v) is 3.72. The molecule has 2 N–H and O–H groups in total. The minimum atomic E-state index is -0.844. The van der Waals surface area contributed by atoms with Gasteiger partial charge >= 0.3 is 0 Å². The molecule has 0 bridgehead atoms. The van der Waals surface area contributed by atoms with E-state index in [1.165, 1.54) is 0 Å². The quantitative estimate of drug-likeness (QED) is 0.674. The Morgan fingerprint density at radius 1 is 0.783 bits per heavy atom. The van der Waals surface area contributed by atoms with Crippen LogP contribution in [0.3, 0.4) is 0 Å². The lowest BCUT2D eigenvalue weighted by molar-refractivity contribution is 0.475. The van der Waals surface area contributed by atoms with Crippen molar-refractivity contribution in [2.24, 2.45) is 0 Å². The third kappa shape index (κ3) is 3.38. The van der Waals surface area contributed by atoms with Crippen molar-refractivity contribution in [2.75, 3.05) is 0 Å². The normalized spacial score (nSPS) is 10.9. The summed E-state index contributed by atoms with van der Waals surface area (Å²) in [5.74, 6) is 0.340. The Kier molecular flexibility index (Phi) is 4.37. The number of aromatic hydroxyl groups is 2. The largest absolute Gasteiger partial charge is 0.508 e. The zero-order valence-electron chi connectivity index (χ0n) is 11.8. The van der Waals surface area contributed by atoms with Crippen molar-refractivity contribution < 1.29 is 10.2 Å². The average Bonchev–Trinajstić information content (AvgIpc) is 2.56. The Bertz CT molecular complexity index is 819. The summed E-state index contributed by atoms with van der Waals surface area (Å²) in [5.41, 5.74) is 3.15. The molecule has 0 saturated heterocycles. The van der Waals surface area contributed by atoms with E-state index in [2.05, 4.69) is 9.97 Å². The number of phenolic OH excluding ortho intramolecular Hbond substituents is 2. The summed E-state index contributed by atoms with van der Waals surface area (Å²) in [6.45, 7) is 0. The highest BCUT2D eigenvalue weighted by Crippen LogP contribution is 2.33. The lowest BCUT2D eigenvalue weighted by Gasteiger charge is -2.11. The van der Waals surface area contributed by atoms with Crippen molar-refractivity contribution in [1.29, 1.82) is 0 Å². The Balaban J connectivity index is 2.08. The number of rotatable bonds is 3. The Morgan fingerprint density at radius 3 is 1.83 bits per heavy atom. The Hall–Kier alpha value is -2.30. The summed E-state index contributed by atoms with van der Waals surface area (Å²) in [6, 6.07) is 13.2. The van der Waals surface area contributed by atoms with Crippen LogP contribution in [-0.4, -0.2) is 20.2 Å². The molecule has 0 spiro atoms. The second-order valence-electron chi connectivity index (χ2n) is 4.88. The second-order valence-corrected chi connectivity index (χ2v) is 5.98. The van der Waals surface area contributed by atoms with E-state index in [-0.39, 0.29) is 11.5 Å². The van der Waals surface area contributed by atoms with Crippen LogP contribution in [0.2, 0.25) is 0 Å². The van der Waals surface area contributed by atoms with Crippen LogP contribution in [0.25, 0.3) is 22.5 Å². The van der Waals surface area contributed by atoms with Gasteiger partial charge in [-0.1, -0.05) is 23.2 Å².